The van der Waals surface area contributed by atoms with Crippen LogP contribution in [0.1, 0.15) is 10.8 Å². The second kappa shape index (κ2) is 5.03. The third kappa shape index (κ3) is 2.34. The zero-order chi connectivity index (χ0) is 13.2. The van der Waals surface area contributed by atoms with Crippen LogP contribution in [0.15, 0.2) is 53.7 Å². The number of pyridine rings is 1. The lowest BCUT2D eigenvalue weighted by atomic mass is 10.1. The number of benzene rings is 1. The predicted molar refractivity (Wildman–Crippen MR) is 73.9 cm³/mol. The fourth-order valence-electron chi connectivity index (χ4n) is 2.01. The van der Waals surface area contributed by atoms with E-state index >= 15 is 0 Å². The SMILES string of the molecule is O=C1Nc2ccccc2S[C@@H](c2cccnc2)[C@H]1O. The Morgan fingerprint density at radius 2 is 2.05 bits per heavy atom. The van der Waals surface area contributed by atoms with E-state index in [1.54, 1.807) is 18.5 Å². The number of aliphatic hydroxyl groups excluding tert-OH is 1. The van der Waals surface area contributed by atoms with Gasteiger partial charge in [0.25, 0.3) is 5.91 Å². The summed E-state index contributed by atoms with van der Waals surface area (Å²) in [6, 6.07) is 11.2. The number of anilines is 1. The summed E-state index contributed by atoms with van der Waals surface area (Å²) in [5.41, 5.74) is 1.58. The number of fused-ring (bicyclic) bond motifs is 1. The molecule has 19 heavy (non-hydrogen) atoms. The van der Waals surface area contributed by atoms with Crippen LogP contribution in [0.3, 0.4) is 0 Å². The van der Waals surface area contributed by atoms with Gasteiger partial charge in [-0.15, -0.1) is 11.8 Å². The van der Waals surface area contributed by atoms with Crippen molar-refractivity contribution in [3.8, 4) is 0 Å². The molecule has 0 unspecified atom stereocenters. The zero-order valence-corrected chi connectivity index (χ0v) is 10.8. The molecule has 2 atom stereocenters. The summed E-state index contributed by atoms with van der Waals surface area (Å²) in [5, 5.41) is 12.6. The van der Waals surface area contributed by atoms with Gasteiger partial charge >= 0.3 is 0 Å². The van der Waals surface area contributed by atoms with Crippen molar-refractivity contribution in [3.05, 3.63) is 54.4 Å². The van der Waals surface area contributed by atoms with Crippen LogP contribution in [0.25, 0.3) is 0 Å². The number of hydrogen-bond donors (Lipinski definition) is 2. The average molecular weight is 272 g/mol. The summed E-state index contributed by atoms with van der Waals surface area (Å²) in [6.07, 6.45) is 2.26. The highest BCUT2D eigenvalue weighted by Crippen LogP contribution is 2.43. The quantitative estimate of drug-likeness (QED) is 0.835. The third-order valence-electron chi connectivity index (χ3n) is 2.97. The predicted octanol–water partition coefficient (Wildman–Crippen LogP) is 2.23. The second-order valence-electron chi connectivity index (χ2n) is 4.26. The molecule has 1 aliphatic rings. The number of aromatic nitrogens is 1. The van der Waals surface area contributed by atoms with Crippen molar-refractivity contribution in [1.29, 1.82) is 0 Å². The van der Waals surface area contributed by atoms with Gasteiger partial charge < -0.3 is 10.4 Å². The van der Waals surface area contributed by atoms with E-state index in [1.807, 2.05) is 30.3 Å². The standard InChI is InChI=1S/C14H12N2O2S/c17-12-13(9-4-3-7-15-8-9)19-11-6-2-1-5-10(11)16-14(12)18/h1-8,12-13,17H,(H,16,18)/t12-,13+/m1/s1. The van der Waals surface area contributed by atoms with Gasteiger partial charge in [-0.25, -0.2) is 0 Å². The summed E-state index contributed by atoms with van der Waals surface area (Å²) in [7, 11) is 0. The molecule has 2 N–H and O–H groups in total. The Morgan fingerprint density at radius 1 is 1.21 bits per heavy atom. The van der Waals surface area contributed by atoms with Crippen molar-refractivity contribution in [2.24, 2.45) is 0 Å². The highest BCUT2D eigenvalue weighted by atomic mass is 32.2. The number of carbonyl (C=O) groups is 1. The monoisotopic (exact) mass is 272 g/mol. The molecule has 1 aromatic heterocycles. The topological polar surface area (TPSA) is 62.2 Å². The Labute approximate surface area is 114 Å². The smallest absolute Gasteiger partial charge is 0.254 e. The molecule has 1 aliphatic heterocycles. The van der Waals surface area contributed by atoms with Gasteiger partial charge in [0.15, 0.2) is 0 Å². The summed E-state index contributed by atoms with van der Waals surface area (Å²) in [6.45, 7) is 0. The maximum Gasteiger partial charge on any atom is 0.254 e. The number of hydrogen-bond acceptors (Lipinski definition) is 4. The van der Waals surface area contributed by atoms with Crippen molar-refractivity contribution in [2.45, 2.75) is 16.2 Å². The number of nitrogens with one attached hydrogen (secondary N) is 1. The summed E-state index contributed by atoms with van der Waals surface area (Å²) in [4.78, 5) is 17.0. The van der Waals surface area contributed by atoms with E-state index in [9.17, 15) is 9.90 Å². The molecule has 0 bridgehead atoms. The lowest BCUT2D eigenvalue weighted by Gasteiger charge is -2.18. The highest BCUT2D eigenvalue weighted by molar-refractivity contribution is 7.99. The Morgan fingerprint density at radius 3 is 2.84 bits per heavy atom. The van der Waals surface area contributed by atoms with E-state index < -0.39 is 6.10 Å². The van der Waals surface area contributed by atoms with Gasteiger partial charge in [0, 0.05) is 17.3 Å². The molecule has 3 rings (SSSR count). The van der Waals surface area contributed by atoms with Crippen molar-refractivity contribution < 1.29 is 9.90 Å². The van der Waals surface area contributed by atoms with Gasteiger partial charge in [-0.05, 0) is 23.8 Å². The third-order valence-corrected chi connectivity index (χ3v) is 4.36. The molecule has 1 amide bonds. The van der Waals surface area contributed by atoms with Crippen molar-refractivity contribution >= 4 is 23.4 Å². The minimum atomic E-state index is -1.10. The maximum absolute atomic E-state index is 12.0. The van der Waals surface area contributed by atoms with Gasteiger partial charge in [0.2, 0.25) is 0 Å². The zero-order valence-electron chi connectivity index (χ0n) is 9.98. The molecule has 1 aromatic carbocycles. The van der Waals surface area contributed by atoms with Crippen LogP contribution in [0.4, 0.5) is 5.69 Å². The Bertz CT molecular complexity index is 603. The van der Waals surface area contributed by atoms with Gasteiger partial charge in [-0.3, -0.25) is 9.78 Å². The van der Waals surface area contributed by atoms with Crippen molar-refractivity contribution in [1.82, 2.24) is 4.98 Å². The van der Waals surface area contributed by atoms with Crippen LogP contribution in [-0.2, 0) is 4.79 Å². The number of para-hydroxylation sites is 1. The van der Waals surface area contributed by atoms with Gasteiger partial charge in [0.05, 0.1) is 10.9 Å². The first-order valence-corrected chi connectivity index (χ1v) is 6.78. The minimum absolute atomic E-state index is 0.350. The molecule has 0 radical (unpaired) electrons. The Hall–Kier alpha value is -1.85. The molecule has 0 spiro atoms. The molecule has 0 saturated heterocycles. The van der Waals surface area contributed by atoms with Gasteiger partial charge in [-0.2, -0.15) is 0 Å². The molecule has 0 aliphatic carbocycles. The normalized spacial score (nSPS) is 22.3. The van der Waals surface area contributed by atoms with E-state index in [-0.39, 0.29) is 11.2 Å². The molecule has 4 nitrogen and oxygen atoms in total. The van der Waals surface area contributed by atoms with E-state index in [2.05, 4.69) is 10.3 Å². The van der Waals surface area contributed by atoms with Crippen LogP contribution in [0.5, 0.6) is 0 Å². The van der Waals surface area contributed by atoms with Crippen LogP contribution in [-0.4, -0.2) is 22.1 Å². The molecule has 5 heteroatoms. The maximum atomic E-state index is 12.0. The molecule has 0 fully saturated rings. The first kappa shape index (κ1) is 12.2. The van der Waals surface area contributed by atoms with E-state index in [4.69, 9.17) is 0 Å². The van der Waals surface area contributed by atoms with Crippen molar-refractivity contribution in [2.75, 3.05) is 5.32 Å². The lowest BCUT2D eigenvalue weighted by Crippen LogP contribution is -2.30. The molecule has 2 aromatic rings. The first-order chi connectivity index (χ1) is 9.25. The first-order valence-electron chi connectivity index (χ1n) is 5.90. The lowest BCUT2D eigenvalue weighted by molar-refractivity contribution is -0.124. The fraction of sp³-hybridized carbons (Fsp3) is 0.143. The van der Waals surface area contributed by atoms with Gasteiger partial charge in [0.1, 0.15) is 6.10 Å². The van der Waals surface area contributed by atoms with Crippen LogP contribution >= 0.6 is 11.8 Å². The van der Waals surface area contributed by atoms with Crippen LogP contribution < -0.4 is 5.32 Å². The summed E-state index contributed by atoms with van der Waals surface area (Å²) in [5.74, 6) is -0.383. The number of aliphatic hydroxyl groups is 1. The molecular formula is C14H12N2O2S. The van der Waals surface area contributed by atoms with Crippen LogP contribution in [0, 0.1) is 0 Å². The number of thioether (sulfide) groups is 1. The largest absolute Gasteiger partial charge is 0.382 e. The molecule has 0 saturated carbocycles. The number of amides is 1. The van der Waals surface area contributed by atoms with Crippen molar-refractivity contribution in [3.63, 3.8) is 0 Å². The minimum Gasteiger partial charge on any atom is -0.382 e. The number of nitrogens with zero attached hydrogens (tertiary/aromatic N) is 1. The van der Waals surface area contributed by atoms with E-state index in [0.29, 0.717) is 0 Å². The fourth-order valence-corrected chi connectivity index (χ4v) is 3.22. The molecule has 96 valence electrons. The number of rotatable bonds is 1. The number of carbonyl (C=O) groups excluding carboxylic acids is 1. The van der Waals surface area contributed by atoms with Crippen LogP contribution in [0.2, 0.25) is 0 Å². The second-order valence-corrected chi connectivity index (χ2v) is 5.44. The highest BCUT2D eigenvalue weighted by Gasteiger charge is 2.32. The van der Waals surface area contributed by atoms with E-state index in [0.717, 1.165) is 16.1 Å². The summed E-state index contributed by atoms with van der Waals surface area (Å²) < 4.78 is 0. The Balaban J connectivity index is 2.03. The molecule has 2 heterocycles. The Kier molecular flexibility index (Phi) is 3.23. The van der Waals surface area contributed by atoms with E-state index in [1.165, 1.54) is 11.8 Å². The summed E-state index contributed by atoms with van der Waals surface area (Å²) >= 11 is 1.47. The molecular weight excluding hydrogens is 260 g/mol. The van der Waals surface area contributed by atoms with Gasteiger partial charge in [-0.1, -0.05) is 18.2 Å². The average Bonchev–Trinajstić information content (AvgIpc) is 2.58.